The van der Waals surface area contributed by atoms with Gasteiger partial charge in [-0.3, -0.25) is 38.8 Å². The molecule has 0 spiro atoms. The average Bonchev–Trinajstić information content (AvgIpc) is 2.89. The molecule has 0 saturated carbocycles. The summed E-state index contributed by atoms with van der Waals surface area (Å²) in [6, 6.07) is -1.28. The molecule has 0 aromatic carbocycles. The molecular weight excluding hydrogens is 490 g/mol. The Morgan fingerprint density at radius 2 is 0.974 bits per heavy atom. The molecule has 2 fully saturated rings. The monoisotopic (exact) mass is 531 g/mol. The minimum atomic E-state index is -1.13. The lowest BCUT2D eigenvalue weighted by atomic mass is 10.0. The predicted octanol–water partition coefficient (Wildman–Crippen LogP) is 2.65. The van der Waals surface area contributed by atoms with Crippen molar-refractivity contribution in [2.24, 2.45) is 5.92 Å². The second-order valence-electron chi connectivity index (χ2n) is 8.28. The van der Waals surface area contributed by atoms with Crippen LogP contribution in [0.1, 0.15) is 48.5 Å². The Kier molecular flexibility index (Phi) is 13.3. The summed E-state index contributed by atoms with van der Waals surface area (Å²) in [7, 11) is 0. The highest BCUT2D eigenvalue weighted by molar-refractivity contribution is 6.28. The van der Waals surface area contributed by atoms with E-state index in [1.807, 2.05) is 0 Å². The summed E-state index contributed by atoms with van der Waals surface area (Å²) in [5, 5.41) is 0. The highest BCUT2D eigenvalue weighted by Crippen LogP contribution is 2.19. The van der Waals surface area contributed by atoms with E-state index in [9.17, 15) is 28.8 Å². The number of imide groups is 4. The molecule has 0 aliphatic carbocycles. The van der Waals surface area contributed by atoms with E-state index in [1.165, 1.54) is 50.0 Å². The molecule has 2 aliphatic rings. The molecule has 0 aromatic heterocycles. The molecule has 0 aromatic rings. The number of nitrogens with zero attached hydrogens (tertiary/aromatic N) is 5. The predicted molar refractivity (Wildman–Crippen MR) is 144 cm³/mol. The molecule has 0 radical (unpaired) electrons. The van der Waals surface area contributed by atoms with Crippen LogP contribution in [-0.4, -0.2) is 106 Å². The van der Waals surface area contributed by atoms with Gasteiger partial charge in [0, 0.05) is 26.2 Å². The van der Waals surface area contributed by atoms with Gasteiger partial charge in [0.25, 0.3) is 11.8 Å². The number of carbonyl (C=O) groups excluding carboxylic acids is 6. The fraction of sp³-hybridized carbons (Fsp3) is 0.556. The Morgan fingerprint density at radius 3 is 1.32 bits per heavy atom. The minimum Gasteiger partial charge on any atom is -0.304 e. The van der Waals surface area contributed by atoms with E-state index in [0.717, 1.165) is 19.6 Å². The van der Waals surface area contributed by atoms with Gasteiger partial charge in [-0.05, 0) is 53.4 Å². The minimum absolute atomic E-state index is 0.134. The SMILES string of the molecule is CCN(CC)CC.CCN1C(=O)C(=CC=CC=CC2C(=O)N(CC)C(=O)N(CC)C2=O)C(=O)N(CC)C1=O. The summed E-state index contributed by atoms with van der Waals surface area (Å²) in [5.41, 5.74) is -0.155. The molecule has 0 unspecified atom stereocenters. The summed E-state index contributed by atoms with van der Waals surface area (Å²) < 4.78 is 0. The third kappa shape index (κ3) is 7.25. The summed E-state index contributed by atoms with van der Waals surface area (Å²) in [6.07, 6.45) is 6.96. The first-order chi connectivity index (χ1) is 18.1. The largest absolute Gasteiger partial charge is 0.333 e. The zero-order chi connectivity index (χ0) is 29.0. The lowest BCUT2D eigenvalue weighted by molar-refractivity contribution is -0.146. The zero-order valence-corrected chi connectivity index (χ0v) is 23.6. The lowest BCUT2D eigenvalue weighted by Crippen LogP contribution is -2.59. The van der Waals surface area contributed by atoms with Crippen molar-refractivity contribution in [2.45, 2.75) is 48.5 Å². The highest BCUT2D eigenvalue weighted by atomic mass is 16.2. The van der Waals surface area contributed by atoms with Crippen LogP contribution in [0.25, 0.3) is 0 Å². The maximum absolute atomic E-state index is 12.4. The third-order valence-electron chi connectivity index (χ3n) is 6.33. The Morgan fingerprint density at radius 1 is 0.579 bits per heavy atom. The van der Waals surface area contributed by atoms with Crippen LogP contribution in [0, 0.1) is 5.92 Å². The third-order valence-corrected chi connectivity index (χ3v) is 6.33. The van der Waals surface area contributed by atoms with Crippen molar-refractivity contribution in [3.63, 3.8) is 0 Å². The van der Waals surface area contributed by atoms with Gasteiger partial charge in [0.15, 0.2) is 0 Å². The standard InChI is InChI=1S/C21H26N4O6.C6H15N/c1-5-22-16(26)14(17(27)23(6-2)20(22)30)12-10-9-11-13-15-18(28)24(7-3)21(31)25(8-4)19(15)29;1-4-7(5-2)6-3/h9-14H,5-8H2,1-4H3;4-6H2,1-3H3. The van der Waals surface area contributed by atoms with Crippen molar-refractivity contribution in [2.75, 3.05) is 45.8 Å². The van der Waals surface area contributed by atoms with Gasteiger partial charge in [-0.25, -0.2) is 9.59 Å². The molecule has 8 amide bonds. The molecule has 2 saturated heterocycles. The lowest BCUT2D eigenvalue weighted by Gasteiger charge is -2.34. The van der Waals surface area contributed by atoms with Crippen LogP contribution in [0.3, 0.4) is 0 Å². The summed E-state index contributed by atoms with van der Waals surface area (Å²) in [6.45, 7) is 17.3. The van der Waals surface area contributed by atoms with Crippen molar-refractivity contribution >= 4 is 35.7 Å². The Hall–Kier alpha value is -3.60. The Balaban J connectivity index is 0.000000905. The smallest absolute Gasteiger partial charge is 0.304 e. The Labute approximate surface area is 225 Å². The maximum atomic E-state index is 12.4. The number of amides is 8. The second kappa shape index (κ2) is 15.6. The van der Waals surface area contributed by atoms with E-state index < -0.39 is 41.6 Å². The van der Waals surface area contributed by atoms with E-state index >= 15 is 0 Å². The van der Waals surface area contributed by atoms with Crippen molar-refractivity contribution in [3.05, 3.63) is 36.0 Å². The number of hydrogen-bond donors (Lipinski definition) is 0. The maximum Gasteiger partial charge on any atom is 0.333 e. The highest BCUT2D eigenvalue weighted by Gasteiger charge is 2.43. The van der Waals surface area contributed by atoms with Gasteiger partial charge in [0.05, 0.1) is 0 Å². The molecule has 2 heterocycles. The zero-order valence-electron chi connectivity index (χ0n) is 23.6. The van der Waals surface area contributed by atoms with Crippen molar-refractivity contribution < 1.29 is 28.8 Å². The van der Waals surface area contributed by atoms with Crippen LogP contribution >= 0.6 is 0 Å². The average molecular weight is 532 g/mol. The first kappa shape index (κ1) is 32.4. The molecule has 2 aliphatic heterocycles. The van der Waals surface area contributed by atoms with Crippen LogP contribution in [-0.2, 0) is 19.2 Å². The molecule has 11 heteroatoms. The van der Waals surface area contributed by atoms with E-state index in [0.29, 0.717) is 0 Å². The van der Waals surface area contributed by atoms with Crippen LogP contribution < -0.4 is 0 Å². The first-order valence-corrected chi connectivity index (χ1v) is 13.2. The summed E-state index contributed by atoms with van der Waals surface area (Å²) >= 11 is 0. The number of carbonyl (C=O) groups is 6. The molecule has 11 nitrogen and oxygen atoms in total. The Bertz CT molecular complexity index is 938. The van der Waals surface area contributed by atoms with E-state index in [4.69, 9.17) is 0 Å². The normalized spacial score (nSPS) is 17.5. The number of urea groups is 2. The number of rotatable bonds is 10. The molecule has 0 atom stereocenters. The second-order valence-corrected chi connectivity index (χ2v) is 8.28. The van der Waals surface area contributed by atoms with Gasteiger partial charge < -0.3 is 4.90 Å². The molecular formula is C27H41N5O6. The van der Waals surface area contributed by atoms with Gasteiger partial charge in [-0.15, -0.1) is 0 Å². The number of allylic oxidation sites excluding steroid dienone is 4. The fourth-order valence-corrected chi connectivity index (χ4v) is 3.99. The molecule has 0 bridgehead atoms. The van der Waals surface area contributed by atoms with Gasteiger partial charge in [0.1, 0.15) is 11.5 Å². The summed E-state index contributed by atoms with van der Waals surface area (Å²) in [4.78, 5) is 80.4. The number of hydrogen-bond acceptors (Lipinski definition) is 7. The van der Waals surface area contributed by atoms with Gasteiger partial charge >= 0.3 is 12.1 Å². The quantitative estimate of drug-likeness (QED) is 0.184. The molecule has 38 heavy (non-hydrogen) atoms. The molecule has 0 N–H and O–H groups in total. The van der Waals surface area contributed by atoms with Gasteiger partial charge in [0.2, 0.25) is 11.8 Å². The van der Waals surface area contributed by atoms with E-state index in [1.54, 1.807) is 27.7 Å². The van der Waals surface area contributed by atoms with Crippen molar-refractivity contribution in [3.8, 4) is 0 Å². The fourth-order valence-electron chi connectivity index (χ4n) is 3.99. The van der Waals surface area contributed by atoms with Crippen molar-refractivity contribution in [1.29, 1.82) is 0 Å². The van der Waals surface area contributed by atoms with Gasteiger partial charge in [-0.1, -0.05) is 45.1 Å². The van der Waals surface area contributed by atoms with E-state index in [2.05, 4.69) is 25.7 Å². The first-order valence-electron chi connectivity index (χ1n) is 13.2. The van der Waals surface area contributed by atoms with Gasteiger partial charge in [-0.2, -0.15) is 0 Å². The molecule has 210 valence electrons. The van der Waals surface area contributed by atoms with Crippen LogP contribution in [0.5, 0.6) is 0 Å². The number of likely N-dealkylation sites (N-methyl/N-ethyl adjacent to an activating group) is 2. The van der Waals surface area contributed by atoms with Crippen molar-refractivity contribution in [1.82, 2.24) is 24.5 Å². The molecule has 2 rings (SSSR count). The topological polar surface area (TPSA) is 119 Å². The van der Waals surface area contributed by atoms with Crippen LogP contribution in [0.15, 0.2) is 36.0 Å². The van der Waals surface area contributed by atoms with Crippen LogP contribution in [0.2, 0.25) is 0 Å². The summed E-state index contributed by atoms with van der Waals surface area (Å²) in [5.74, 6) is -3.68. The van der Waals surface area contributed by atoms with E-state index in [-0.39, 0.29) is 31.8 Å². The van der Waals surface area contributed by atoms with Crippen LogP contribution in [0.4, 0.5) is 9.59 Å². The number of barbiturate groups is 2.